The number of nitrogens with one attached hydrogen (secondary N) is 2. The van der Waals surface area contributed by atoms with Crippen molar-refractivity contribution in [3.8, 4) is 0 Å². The van der Waals surface area contributed by atoms with Gasteiger partial charge in [-0.1, -0.05) is 30.3 Å². The summed E-state index contributed by atoms with van der Waals surface area (Å²) in [6, 6.07) is 15.9. The Morgan fingerprint density at radius 1 is 1.07 bits per heavy atom. The predicted molar refractivity (Wildman–Crippen MR) is 105 cm³/mol. The zero-order chi connectivity index (χ0) is 19.5. The predicted octanol–water partition coefficient (Wildman–Crippen LogP) is 3.14. The molecule has 1 unspecified atom stereocenters. The van der Waals surface area contributed by atoms with E-state index in [9.17, 15) is 13.6 Å². The minimum atomic E-state index is -1.01. The van der Waals surface area contributed by atoms with E-state index in [1.807, 2.05) is 11.4 Å². The molecule has 0 radical (unpaired) electrons. The maximum atomic E-state index is 13.4. The lowest BCUT2D eigenvalue weighted by molar-refractivity contribution is -0.945. The molecule has 0 spiro atoms. The first-order valence-electron chi connectivity index (χ1n) is 9.30. The summed E-state index contributed by atoms with van der Waals surface area (Å²) in [7, 11) is 0. The normalized spacial score (nSPS) is 17.0. The van der Waals surface area contributed by atoms with E-state index in [0.29, 0.717) is 6.54 Å². The Morgan fingerprint density at radius 3 is 2.64 bits per heavy atom. The standard InChI is InChI=1S/C22H20F2N2OS/c23-18-8-7-16(12-19(18)24)22(27)25-13-20(21-6-3-11-28-21)26-10-9-15-4-1-2-5-17(15)14-26/h1-8,11-12,20H,9-10,13-14H2,(H,25,27)/p+1/t20-/m0/s1. The molecule has 0 saturated heterocycles. The number of rotatable bonds is 5. The highest BCUT2D eigenvalue weighted by molar-refractivity contribution is 7.10. The lowest BCUT2D eigenvalue weighted by Crippen LogP contribution is -3.12. The number of benzene rings is 2. The summed E-state index contributed by atoms with van der Waals surface area (Å²) in [5, 5.41) is 4.95. The minimum Gasteiger partial charge on any atom is -0.346 e. The molecular weight excluding hydrogens is 378 g/mol. The fraction of sp³-hybridized carbons (Fsp3) is 0.227. The average Bonchev–Trinajstić information content (AvgIpc) is 3.24. The summed E-state index contributed by atoms with van der Waals surface area (Å²) in [6.07, 6.45) is 1.00. The van der Waals surface area contributed by atoms with E-state index in [-0.39, 0.29) is 11.6 Å². The molecule has 144 valence electrons. The highest BCUT2D eigenvalue weighted by Gasteiger charge is 2.29. The first-order chi connectivity index (χ1) is 13.6. The largest absolute Gasteiger partial charge is 0.346 e. The fourth-order valence-corrected chi connectivity index (χ4v) is 4.66. The molecular formula is C22H21F2N2OS+. The van der Waals surface area contributed by atoms with E-state index in [4.69, 9.17) is 0 Å². The highest BCUT2D eigenvalue weighted by Crippen LogP contribution is 2.19. The van der Waals surface area contributed by atoms with Crippen LogP contribution >= 0.6 is 11.3 Å². The third kappa shape index (κ3) is 3.98. The summed E-state index contributed by atoms with van der Waals surface area (Å²) >= 11 is 1.68. The third-order valence-corrected chi connectivity index (χ3v) is 6.27. The second-order valence-electron chi connectivity index (χ2n) is 7.01. The van der Waals surface area contributed by atoms with Crippen molar-refractivity contribution in [2.24, 2.45) is 0 Å². The number of halogens is 2. The van der Waals surface area contributed by atoms with Crippen LogP contribution in [-0.4, -0.2) is 19.0 Å². The lowest BCUT2D eigenvalue weighted by Gasteiger charge is -2.32. The molecule has 0 aliphatic carbocycles. The van der Waals surface area contributed by atoms with Crippen molar-refractivity contribution >= 4 is 17.2 Å². The molecule has 2 atom stereocenters. The van der Waals surface area contributed by atoms with E-state index in [0.717, 1.165) is 31.6 Å². The van der Waals surface area contributed by atoms with E-state index in [1.165, 1.54) is 27.0 Å². The Morgan fingerprint density at radius 2 is 1.89 bits per heavy atom. The molecule has 0 bridgehead atoms. The summed E-state index contributed by atoms with van der Waals surface area (Å²) in [5.41, 5.74) is 2.86. The van der Waals surface area contributed by atoms with Crippen LogP contribution in [0.15, 0.2) is 60.0 Å². The SMILES string of the molecule is O=C(NC[C@@H](c1cccs1)[NH+]1CCc2ccccc2C1)c1ccc(F)c(F)c1. The van der Waals surface area contributed by atoms with Crippen molar-refractivity contribution in [3.05, 3.63) is 93.2 Å². The van der Waals surface area contributed by atoms with E-state index >= 15 is 0 Å². The number of hydrogen-bond acceptors (Lipinski definition) is 2. The fourth-order valence-electron chi connectivity index (χ4n) is 3.77. The molecule has 2 N–H and O–H groups in total. The van der Waals surface area contributed by atoms with Crippen molar-refractivity contribution in [2.75, 3.05) is 13.1 Å². The maximum Gasteiger partial charge on any atom is 0.251 e. The van der Waals surface area contributed by atoms with E-state index < -0.39 is 17.5 Å². The van der Waals surface area contributed by atoms with Crippen LogP contribution in [0.1, 0.15) is 32.4 Å². The van der Waals surface area contributed by atoms with Gasteiger partial charge in [-0.15, -0.1) is 11.3 Å². The van der Waals surface area contributed by atoms with Gasteiger partial charge in [-0.05, 0) is 35.2 Å². The molecule has 1 aliphatic rings. The zero-order valence-electron chi connectivity index (χ0n) is 15.3. The molecule has 0 saturated carbocycles. The van der Waals surface area contributed by atoms with E-state index in [1.54, 1.807) is 11.3 Å². The van der Waals surface area contributed by atoms with Gasteiger partial charge in [-0.25, -0.2) is 8.78 Å². The van der Waals surface area contributed by atoms with Gasteiger partial charge in [0.25, 0.3) is 5.91 Å². The number of quaternary nitrogens is 1. The Balaban J connectivity index is 1.50. The van der Waals surface area contributed by atoms with Crippen molar-refractivity contribution in [1.29, 1.82) is 0 Å². The molecule has 0 fully saturated rings. The van der Waals surface area contributed by atoms with Gasteiger partial charge in [0.05, 0.1) is 18.0 Å². The van der Waals surface area contributed by atoms with Crippen LogP contribution in [0, 0.1) is 11.6 Å². The second kappa shape index (κ2) is 8.20. The molecule has 1 amide bonds. The second-order valence-corrected chi connectivity index (χ2v) is 7.99. The molecule has 3 aromatic rings. The summed E-state index contributed by atoms with van der Waals surface area (Å²) in [6.45, 7) is 2.33. The van der Waals surface area contributed by atoms with Gasteiger partial charge in [0.15, 0.2) is 11.6 Å². The van der Waals surface area contributed by atoms with Gasteiger partial charge in [0.1, 0.15) is 12.6 Å². The molecule has 2 heterocycles. The molecule has 1 aliphatic heterocycles. The van der Waals surface area contributed by atoms with Crippen LogP contribution in [0.4, 0.5) is 8.78 Å². The monoisotopic (exact) mass is 399 g/mol. The van der Waals surface area contributed by atoms with Crippen LogP contribution in [0.5, 0.6) is 0 Å². The van der Waals surface area contributed by atoms with Gasteiger partial charge in [0.2, 0.25) is 0 Å². The summed E-state index contributed by atoms with van der Waals surface area (Å²) < 4.78 is 26.6. The maximum absolute atomic E-state index is 13.4. The van der Waals surface area contributed by atoms with Crippen molar-refractivity contribution in [3.63, 3.8) is 0 Å². The zero-order valence-corrected chi connectivity index (χ0v) is 16.1. The van der Waals surface area contributed by atoms with Gasteiger partial charge in [-0.2, -0.15) is 0 Å². The quantitative estimate of drug-likeness (QED) is 0.679. The van der Waals surface area contributed by atoms with Crippen LogP contribution in [0.2, 0.25) is 0 Å². The Labute approximate surface area is 166 Å². The van der Waals surface area contributed by atoms with Gasteiger partial charge >= 0.3 is 0 Å². The first kappa shape index (κ1) is 18.8. The minimum absolute atomic E-state index is 0.114. The third-order valence-electron chi connectivity index (χ3n) is 5.28. The van der Waals surface area contributed by atoms with Crippen LogP contribution in [-0.2, 0) is 13.0 Å². The van der Waals surface area contributed by atoms with Gasteiger partial charge in [-0.3, -0.25) is 4.79 Å². The van der Waals surface area contributed by atoms with Crippen molar-refractivity contribution in [1.82, 2.24) is 5.32 Å². The average molecular weight is 399 g/mol. The van der Waals surface area contributed by atoms with Crippen LogP contribution in [0.3, 0.4) is 0 Å². The Bertz CT molecular complexity index is 974. The molecule has 28 heavy (non-hydrogen) atoms. The van der Waals surface area contributed by atoms with Crippen LogP contribution < -0.4 is 10.2 Å². The number of fused-ring (bicyclic) bond motifs is 1. The number of carbonyl (C=O) groups is 1. The summed E-state index contributed by atoms with van der Waals surface area (Å²) in [4.78, 5) is 15.1. The smallest absolute Gasteiger partial charge is 0.251 e. The first-order valence-corrected chi connectivity index (χ1v) is 10.2. The highest BCUT2D eigenvalue weighted by atomic mass is 32.1. The topological polar surface area (TPSA) is 33.5 Å². The van der Waals surface area contributed by atoms with Crippen molar-refractivity contribution in [2.45, 2.75) is 19.0 Å². The van der Waals surface area contributed by atoms with Crippen molar-refractivity contribution < 1.29 is 18.5 Å². The lowest BCUT2D eigenvalue weighted by atomic mass is 9.98. The molecule has 1 aromatic heterocycles. The number of thiophene rings is 1. The van der Waals surface area contributed by atoms with E-state index in [2.05, 4.69) is 35.6 Å². The number of amides is 1. The summed E-state index contributed by atoms with van der Waals surface area (Å²) in [5.74, 6) is -2.36. The Kier molecular flexibility index (Phi) is 5.50. The molecule has 3 nitrogen and oxygen atoms in total. The van der Waals surface area contributed by atoms with Crippen LogP contribution in [0.25, 0.3) is 0 Å². The number of carbonyl (C=O) groups excluding carboxylic acids is 1. The van der Waals surface area contributed by atoms with Gasteiger partial charge in [0, 0.05) is 17.5 Å². The Hall–Kier alpha value is -2.57. The number of hydrogen-bond donors (Lipinski definition) is 2. The molecule has 6 heteroatoms. The van der Waals surface area contributed by atoms with Gasteiger partial charge < -0.3 is 10.2 Å². The molecule has 4 rings (SSSR count). The molecule has 2 aromatic carbocycles.